The quantitative estimate of drug-likeness (QED) is 0.850. The van der Waals surface area contributed by atoms with E-state index in [4.69, 9.17) is 0 Å². The zero-order valence-electron chi connectivity index (χ0n) is 14.5. The lowest BCUT2D eigenvalue weighted by atomic mass is 9.97. The lowest BCUT2D eigenvalue weighted by Gasteiger charge is -2.34. The molecule has 0 radical (unpaired) electrons. The van der Waals surface area contributed by atoms with E-state index >= 15 is 0 Å². The van der Waals surface area contributed by atoms with E-state index in [0.29, 0.717) is 18.9 Å². The van der Waals surface area contributed by atoms with Crippen LogP contribution in [0, 0.1) is 5.92 Å². The monoisotopic (exact) mass is 354 g/mol. The van der Waals surface area contributed by atoms with Crippen molar-refractivity contribution < 1.29 is 14.7 Å². The number of carboxylic acid groups (broad SMARTS) is 1. The van der Waals surface area contributed by atoms with Gasteiger partial charge in [-0.25, -0.2) is 0 Å². The van der Waals surface area contributed by atoms with Crippen LogP contribution in [-0.2, 0) is 9.59 Å². The number of para-hydroxylation sites is 1. The Balaban J connectivity index is 0.00000288. The number of anilines is 1. The average molecular weight is 355 g/mol. The number of amides is 1. The van der Waals surface area contributed by atoms with Gasteiger partial charge in [0.1, 0.15) is 0 Å². The SMILES string of the molecule is CC(C)c1ccccc1NC(=O)C(C)N1CCCC(C(=O)O)C1.Cl. The highest BCUT2D eigenvalue weighted by Gasteiger charge is 2.30. The third-order valence-electron chi connectivity index (χ3n) is 4.57. The summed E-state index contributed by atoms with van der Waals surface area (Å²) in [5, 5.41) is 12.2. The van der Waals surface area contributed by atoms with Crippen molar-refractivity contribution in [2.75, 3.05) is 18.4 Å². The number of nitrogens with zero attached hydrogens (tertiary/aromatic N) is 1. The molecule has 0 bridgehead atoms. The minimum absolute atomic E-state index is 0. The molecule has 0 saturated carbocycles. The number of likely N-dealkylation sites (tertiary alicyclic amines) is 1. The Bertz CT molecular complexity index is 577. The number of hydrogen-bond donors (Lipinski definition) is 2. The van der Waals surface area contributed by atoms with Crippen molar-refractivity contribution in [3.8, 4) is 0 Å². The van der Waals surface area contributed by atoms with Gasteiger partial charge in [0, 0.05) is 12.2 Å². The van der Waals surface area contributed by atoms with Gasteiger partial charge in [0.2, 0.25) is 5.91 Å². The molecule has 0 aromatic heterocycles. The van der Waals surface area contributed by atoms with Gasteiger partial charge in [-0.05, 0) is 43.9 Å². The molecule has 6 heteroatoms. The van der Waals surface area contributed by atoms with E-state index < -0.39 is 5.97 Å². The fourth-order valence-electron chi connectivity index (χ4n) is 3.08. The highest BCUT2D eigenvalue weighted by molar-refractivity contribution is 5.95. The Morgan fingerprint density at radius 1 is 1.25 bits per heavy atom. The summed E-state index contributed by atoms with van der Waals surface area (Å²) >= 11 is 0. The van der Waals surface area contributed by atoms with E-state index in [1.54, 1.807) is 0 Å². The zero-order valence-corrected chi connectivity index (χ0v) is 15.3. The second kappa shape index (κ2) is 9.04. The van der Waals surface area contributed by atoms with Crippen LogP contribution in [0.15, 0.2) is 24.3 Å². The predicted octanol–water partition coefficient (Wildman–Crippen LogP) is 3.36. The summed E-state index contributed by atoms with van der Waals surface area (Å²) < 4.78 is 0. The third kappa shape index (κ3) is 4.95. The first kappa shape index (κ1) is 20.5. The molecule has 1 aromatic carbocycles. The molecule has 1 heterocycles. The molecule has 2 N–H and O–H groups in total. The minimum atomic E-state index is -0.771. The summed E-state index contributed by atoms with van der Waals surface area (Å²) in [7, 11) is 0. The standard InChI is InChI=1S/C18H26N2O3.ClH/c1-12(2)15-8-4-5-9-16(15)19-17(21)13(3)20-10-6-7-14(11-20)18(22)23;/h4-5,8-9,12-14H,6-7,10-11H2,1-3H3,(H,19,21)(H,22,23);1H. The molecule has 134 valence electrons. The number of hydrogen-bond acceptors (Lipinski definition) is 3. The van der Waals surface area contributed by atoms with Crippen LogP contribution in [0.5, 0.6) is 0 Å². The van der Waals surface area contributed by atoms with Crippen LogP contribution < -0.4 is 5.32 Å². The number of nitrogens with one attached hydrogen (secondary N) is 1. The average Bonchev–Trinajstić information content (AvgIpc) is 2.54. The van der Waals surface area contributed by atoms with Gasteiger partial charge >= 0.3 is 5.97 Å². The van der Waals surface area contributed by atoms with E-state index in [1.807, 2.05) is 36.1 Å². The molecule has 1 aliphatic rings. The molecule has 2 unspecified atom stereocenters. The van der Waals surface area contributed by atoms with Gasteiger partial charge in [0.05, 0.1) is 12.0 Å². The second-order valence-electron chi connectivity index (χ2n) is 6.58. The van der Waals surface area contributed by atoms with Crippen LogP contribution in [0.3, 0.4) is 0 Å². The molecule has 24 heavy (non-hydrogen) atoms. The van der Waals surface area contributed by atoms with Crippen molar-refractivity contribution in [3.63, 3.8) is 0 Å². The van der Waals surface area contributed by atoms with Gasteiger partial charge in [0.25, 0.3) is 0 Å². The van der Waals surface area contributed by atoms with Gasteiger partial charge in [-0.1, -0.05) is 32.0 Å². The zero-order chi connectivity index (χ0) is 17.0. The molecular formula is C18H27ClN2O3. The van der Waals surface area contributed by atoms with Crippen molar-refractivity contribution in [2.24, 2.45) is 5.92 Å². The maximum absolute atomic E-state index is 12.6. The summed E-state index contributed by atoms with van der Waals surface area (Å²) in [6, 6.07) is 7.48. The molecule has 0 aliphatic carbocycles. The molecule has 2 atom stereocenters. The minimum Gasteiger partial charge on any atom is -0.481 e. The van der Waals surface area contributed by atoms with Gasteiger partial charge < -0.3 is 10.4 Å². The summed E-state index contributed by atoms with van der Waals surface area (Å²) in [6.07, 6.45) is 1.51. The van der Waals surface area contributed by atoms with E-state index in [2.05, 4.69) is 19.2 Å². The fraction of sp³-hybridized carbons (Fsp3) is 0.556. The first-order chi connectivity index (χ1) is 10.9. The second-order valence-corrected chi connectivity index (χ2v) is 6.58. The highest BCUT2D eigenvalue weighted by atomic mass is 35.5. The Hall–Kier alpha value is -1.59. The largest absolute Gasteiger partial charge is 0.481 e. The van der Waals surface area contributed by atoms with Gasteiger partial charge in [-0.2, -0.15) is 0 Å². The first-order valence-corrected chi connectivity index (χ1v) is 8.26. The van der Waals surface area contributed by atoms with Crippen molar-refractivity contribution in [2.45, 2.75) is 45.6 Å². The summed E-state index contributed by atoms with van der Waals surface area (Å²) in [5.74, 6) is -0.897. The van der Waals surface area contributed by atoms with Gasteiger partial charge in [-0.15, -0.1) is 12.4 Å². The van der Waals surface area contributed by atoms with Crippen molar-refractivity contribution in [3.05, 3.63) is 29.8 Å². The third-order valence-corrected chi connectivity index (χ3v) is 4.57. The summed E-state index contributed by atoms with van der Waals surface area (Å²) in [6.45, 7) is 7.24. The van der Waals surface area contributed by atoms with Crippen molar-refractivity contribution in [1.29, 1.82) is 0 Å². The van der Waals surface area contributed by atoms with Crippen LogP contribution >= 0.6 is 12.4 Å². The van der Waals surface area contributed by atoms with Gasteiger partial charge in [0.15, 0.2) is 0 Å². The molecule has 1 amide bonds. The molecular weight excluding hydrogens is 328 g/mol. The molecule has 1 fully saturated rings. The highest BCUT2D eigenvalue weighted by Crippen LogP contribution is 2.25. The molecule has 5 nitrogen and oxygen atoms in total. The summed E-state index contributed by atoms with van der Waals surface area (Å²) in [5.41, 5.74) is 1.95. The van der Waals surface area contributed by atoms with Crippen molar-refractivity contribution in [1.82, 2.24) is 4.90 Å². The van der Waals surface area contributed by atoms with E-state index in [0.717, 1.165) is 24.2 Å². The number of piperidine rings is 1. The fourth-order valence-corrected chi connectivity index (χ4v) is 3.08. The topological polar surface area (TPSA) is 69.6 Å². The van der Waals surface area contributed by atoms with E-state index in [9.17, 15) is 14.7 Å². The maximum atomic E-state index is 12.6. The number of halogens is 1. The number of rotatable bonds is 5. The number of carbonyl (C=O) groups excluding carboxylic acids is 1. The normalized spacial score (nSPS) is 19.4. The van der Waals surface area contributed by atoms with Crippen molar-refractivity contribution >= 4 is 30.0 Å². The number of benzene rings is 1. The summed E-state index contributed by atoms with van der Waals surface area (Å²) in [4.78, 5) is 25.7. The Kier molecular flexibility index (Phi) is 7.70. The van der Waals surface area contributed by atoms with E-state index in [1.165, 1.54) is 0 Å². The van der Waals surface area contributed by atoms with Crippen LogP contribution in [0.1, 0.15) is 45.1 Å². The Morgan fingerprint density at radius 2 is 1.92 bits per heavy atom. The van der Waals surface area contributed by atoms with E-state index in [-0.39, 0.29) is 30.3 Å². The number of aliphatic carboxylic acids is 1. The first-order valence-electron chi connectivity index (χ1n) is 8.26. The molecule has 1 aromatic rings. The lowest BCUT2D eigenvalue weighted by Crippen LogP contribution is -2.48. The van der Waals surface area contributed by atoms with Crippen LogP contribution in [0.2, 0.25) is 0 Å². The number of carboxylic acids is 1. The van der Waals surface area contributed by atoms with Crippen LogP contribution in [0.25, 0.3) is 0 Å². The smallest absolute Gasteiger partial charge is 0.307 e. The lowest BCUT2D eigenvalue weighted by molar-refractivity contribution is -0.144. The Labute approximate surface area is 149 Å². The maximum Gasteiger partial charge on any atom is 0.307 e. The molecule has 2 rings (SSSR count). The molecule has 1 saturated heterocycles. The van der Waals surface area contributed by atoms with Crippen LogP contribution in [-0.4, -0.2) is 41.0 Å². The molecule has 1 aliphatic heterocycles. The van der Waals surface area contributed by atoms with Crippen LogP contribution in [0.4, 0.5) is 5.69 Å². The van der Waals surface area contributed by atoms with Gasteiger partial charge in [-0.3, -0.25) is 14.5 Å². The number of carbonyl (C=O) groups is 2. The predicted molar refractivity (Wildman–Crippen MR) is 97.8 cm³/mol. The Morgan fingerprint density at radius 3 is 2.54 bits per heavy atom. The molecule has 0 spiro atoms.